The van der Waals surface area contributed by atoms with E-state index in [2.05, 4.69) is 222 Å². The van der Waals surface area contributed by atoms with Crippen LogP contribution >= 0.6 is 0 Å². The van der Waals surface area contributed by atoms with E-state index in [0.29, 0.717) is 0 Å². The summed E-state index contributed by atoms with van der Waals surface area (Å²) in [5.41, 5.74) is 16.9. The first-order valence-electron chi connectivity index (χ1n) is 21.3. The molecule has 0 saturated carbocycles. The quantitative estimate of drug-likeness (QED) is 0.190. The van der Waals surface area contributed by atoms with Gasteiger partial charge in [0.1, 0.15) is 12.0 Å². The van der Waals surface area contributed by atoms with Gasteiger partial charge in [0.15, 0.2) is 0 Å². The standard InChI is InChI=1S/C57H40N4/c1-57(2)47-23-11-8-19-41(47)42-30-28-37(34-48(42)57)55-58-54-40-18-7-6-15-35(40)27-31-45(54)56(59-55)61-49-24-12-9-20-43(49)46-33-36(29-32-51(46)61)39-22-14-26-52-53(39)44-21-10-13-25-50(44)60(52)38-16-4-3-5-17-38/h3-34,55,58H,1-2H3. The normalized spacial score (nSPS) is 15.2. The maximum Gasteiger partial charge on any atom is 0.147 e. The van der Waals surface area contributed by atoms with Crippen LogP contribution in [0.25, 0.3) is 82.3 Å². The van der Waals surface area contributed by atoms with Gasteiger partial charge in [-0.3, -0.25) is 4.57 Å². The number of anilines is 1. The molecule has 4 heteroatoms. The van der Waals surface area contributed by atoms with Gasteiger partial charge in [0, 0.05) is 43.6 Å². The van der Waals surface area contributed by atoms with Gasteiger partial charge in [0.25, 0.3) is 0 Å². The van der Waals surface area contributed by atoms with Crippen LogP contribution in [0.4, 0.5) is 5.69 Å². The zero-order valence-electron chi connectivity index (χ0n) is 33.9. The Bertz CT molecular complexity index is 3660. The topological polar surface area (TPSA) is 34.2 Å². The highest BCUT2D eigenvalue weighted by Gasteiger charge is 2.36. The van der Waals surface area contributed by atoms with Crippen LogP contribution in [0.15, 0.2) is 199 Å². The third kappa shape index (κ3) is 4.85. The number of rotatable bonds is 3. The average molecular weight is 781 g/mol. The third-order valence-electron chi connectivity index (χ3n) is 13.5. The van der Waals surface area contributed by atoms with Crippen molar-refractivity contribution in [3.63, 3.8) is 0 Å². The van der Waals surface area contributed by atoms with Gasteiger partial charge in [-0.2, -0.15) is 0 Å². The van der Waals surface area contributed by atoms with E-state index in [-0.39, 0.29) is 11.6 Å². The van der Waals surface area contributed by atoms with Crippen molar-refractivity contribution in [1.82, 2.24) is 9.13 Å². The lowest BCUT2D eigenvalue weighted by Gasteiger charge is -2.29. The maximum absolute atomic E-state index is 5.72. The first-order chi connectivity index (χ1) is 30.0. The van der Waals surface area contributed by atoms with Crippen LogP contribution in [-0.2, 0) is 5.41 Å². The van der Waals surface area contributed by atoms with Crippen molar-refractivity contribution in [2.75, 3.05) is 5.32 Å². The Morgan fingerprint density at radius 1 is 0.459 bits per heavy atom. The van der Waals surface area contributed by atoms with Crippen LogP contribution in [0.2, 0.25) is 0 Å². The van der Waals surface area contributed by atoms with E-state index >= 15 is 0 Å². The first-order valence-corrected chi connectivity index (χ1v) is 21.3. The average Bonchev–Trinajstić information content (AvgIpc) is 3.91. The second-order valence-electron chi connectivity index (χ2n) is 17.2. The monoisotopic (exact) mass is 780 g/mol. The highest BCUT2D eigenvalue weighted by molar-refractivity contribution is 6.22. The minimum Gasteiger partial charge on any atom is -0.359 e. The number of aromatic nitrogens is 2. The van der Waals surface area contributed by atoms with Crippen molar-refractivity contribution < 1.29 is 0 Å². The van der Waals surface area contributed by atoms with E-state index in [1.165, 1.54) is 76.7 Å². The Kier molecular flexibility index (Phi) is 7.10. The summed E-state index contributed by atoms with van der Waals surface area (Å²) in [6, 6.07) is 71.1. The minimum atomic E-state index is -0.298. The molecule has 2 aliphatic rings. The van der Waals surface area contributed by atoms with Gasteiger partial charge in [-0.1, -0.05) is 159 Å². The van der Waals surface area contributed by atoms with E-state index < -0.39 is 0 Å². The van der Waals surface area contributed by atoms with Crippen LogP contribution < -0.4 is 5.32 Å². The fourth-order valence-electron chi connectivity index (χ4n) is 10.7. The molecule has 0 bridgehead atoms. The van der Waals surface area contributed by atoms with Crippen molar-refractivity contribution in [3.8, 4) is 27.9 Å². The van der Waals surface area contributed by atoms with E-state index in [9.17, 15) is 0 Å². The van der Waals surface area contributed by atoms with Crippen molar-refractivity contribution >= 4 is 65.9 Å². The summed E-state index contributed by atoms with van der Waals surface area (Å²) in [7, 11) is 0. The molecule has 0 radical (unpaired) electrons. The Labute approximate surface area is 353 Å². The van der Waals surface area contributed by atoms with Crippen LogP contribution in [-0.4, -0.2) is 15.0 Å². The molecule has 11 aromatic rings. The molecule has 0 fully saturated rings. The lowest BCUT2D eigenvalue weighted by atomic mass is 9.82. The van der Waals surface area contributed by atoms with E-state index in [4.69, 9.17) is 4.99 Å². The fourth-order valence-corrected chi connectivity index (χ4v) is 10.7. The second-order valence-corrected chi connectivity index (χ2v) is 17.2. The van der Waals surface area contributed by atoms with Crippen molar-refractivity contribution in [1.29, 1.82) is 0 Å². The first kappa shape index (κ1) is 34.2. The van der Waals surface area contributed by atoms with E-state index in [0.717, 1.165) is 39.4 Å². The molecule has 9 aromatic carbocycles. The number of aliphatic imine (C=N–C) groups is 1. The zero-order chi connectivity index (χ0) is 40.4. The maximum atomic E-state index is 5.72. The molecule has 2 aromatic heterocycles. The molecular formula is C57H40N4. The second kappa shape index (κ2) is 12.7. The molecule has 0 spiro atoms. The van der Waals surface area contributed by atoms with E-state index in [1.807, 2.05) is 0 Å². The molecule has 0 saturated heterocycles. The predicted molar refractivity (Wildman–Crippen MR) is 255 cm³/mol. The van der Waals surface area contributed by atoms with Crippen LogP contribution in [0, 0.1) is 0 Å². The number of nitrogens with one attached hydrogen (secondary N) is 1. The number of fused-ring (bicyclic) bond motifs is 12. The molecule has 61 heavy (non-hydrogen) atoms. The summed E-state index contributed by atoms with van der Waals surface area (Å²) in [4.78, 5) is 5.72. The molecule has 4 nitrogen and oxygen atoms in total. The number of hydrogen-bond acceptors (Lipinski definition) is 2. The van der Waals surface area contributed by atoms with Gasteiger partial charge < -0.3 is 9.88 Å². The smallest absolute Gasteiger partial charge is 0.147 e. The van der Waals surface area contributed by atoms with Crippen LogP contribution in [0.3, 0.4) is 0 Å². The molecule has 288 valence electrons. The van der Waals surface area contributed by atoms with Crippen molar-refractivity contribution in [2.45, 2.75) is 25.4 Å². The Balaban J connectivity index is 1.03. The van der Waals surface area contributed by atoms with E-state index in [1.54, 1.807) is 0 Å². The summed E-state index contributed by atoms with van der Waals surface area (Å²) in [6.45, 7) is 4.70. The summed E-state index contributed by atoms with van der Waals surface area (Å²) in [5, 5.41) is 11.3. The molecule has 1 unspecified atom stereocenters. The Morgan fingerprint density at radius 2 is 1.11 bits per heavy atom. The molecular weight excluding hydrogens is 741 g/mol. The predicted octanol–water partition coefficient (Wildman–Crippen LogP) is 14.4. The third-order valence-corrected chi connectivity index (χ3v) is 13.5. The molecule has 1 N–H and O–H groups in total. The largest absolute Gasteiger partial charge is 0.359 e. The molecule has 1 atom stereocenters. The van der Waals surface area contributed by atoms with Crippen LogP contribution in [0.1, 0.15) is 42.3 Å². The fraction of sp³-hybridized carbons (Fsp3) is 0.0702. The summed E-state index contributed by atoms with van der Waals surface area (Å²) in [5.74, 6) is 0.944. The lowest BCUT2D eigenvalue weighted by Crippen LogP contribution is -2.25. The molecule has 0 amide bonds. The lowest BCUT2D eigenvalue weighted by molar-refractivity contribution is 0.657. The summed E-state index contributed by atoms with van der Waals surface area (Å²) in [6.07, 6.45) is -0.298. The number of nitrogens with zero attached hydrogens (tertiary/aromatic N) is 3. The van der Waals surface area contributed by atoms with Gasteiger partial charge in [0.05, 0.1) is 27.8 Å². The molecule has 1 aliphatic heterocycles. The summed E-state index contributed by atoms with van der Waals surface area (Å²) < 4.78 is 4.80. The molecule has 1 aliphatic carbocycles. The molecule has 3 heterocycles. The van der Waals surface area contributed by atoms with Gasteiger partial charge in [-0.15, -0.1) is 0 Å². The van der Waals surface area contributed by atoms with Crippen LogP contribution in [0.5, 0.6) is 0 Å². The number of para-hydroxylation sites is 3. The Hall–Kier alpha value is -7.69. The van der Waals surface area contributed by atoms with Crippen molar-refractivity contribution in [2.24, 2.45) is 4.99 Å². The van der Waals surface area contributed by atoms with Gasteiger partial charge >= 0.3 is 0 Å². The summed E-state index contributed by atoms with van der Waals surface area (Å²) >= 11 is 0. The van der Waals surface area contributed by atoms with Crippen molar-refractivity contribution in [3.05, 3.63) is 216 Å². The Morgan fingerprint density at radius 3 is 1.98 bits per heavy atom. The number of benzene rings is 9. The minimum absolute atomic E-state index is 0.112. The highest BCUT2D eigenvalue weighted by atomic mass is 15.2. The zero-order valence-corrected chi connectivity index (χ0v) is 33.9. The van der Waals surface area contributed by atoms with Gasteiger partial charge in [-0.05, 0) is 92.9 Å². The highest BCUT2D eigenvalue weighted by Crippen LogP contribution is 2.50. The number of hydrogen-bond donors (Lipinski definition) is 1. The van der Waals surface area contributed by atoms with Gasteiger partial charge in [0.2, 0.25) is 0 Å². The SMILES string of the molecule is CC1(C)c2ccccc2-c2ccc(C3N=C(n4c5ccccc5c5cc(-c6cccc7c6c6ccccc6n7-c6ccccc6)ccc54)c4ccc5ccccc5c4N3)cc21. The van der Waals surface area contributed by atoms with Gasteiger partial charge in [-0.25, -0.2) is 4.99 Å². The molecule has 13 rings (SSSR count).